The fourth-order valence-electron chi connectivity index (χ4n) is 3.28. The molecule has 0 spiro atoms. The predicted octanol–water partition coefficient (Wildman–Crippen LogP) is -3.58. The van der Waals surface area contributed by atoms with E-state index < -0.39 is 85.0 Å². The molecular weight excluding hydrogens is 721 g/mol. The Morgan fingerprint density at radius 2 is 0.750 bits per heavy atom. The summed E-state index contributed by atoms with van der Waals surface area (Å²) in [5.74, 6) is -0.309. The van der Waals surface area contributed by atoms with Crippen molar-refractivity contribution in [2.75, 3.05) is 19.6 Å². The first-order valence-electron chi connectivity index (χ1n) is 14.5. The van der Waals surface area contributed by atoms with Crippen molar-refractivity contribution in [3.05, 3.63) is 0 Å². The molecule has 0 bridgehead atoms. The Bertz CT molecular complexity index is 511. The molecule has 24 heteroatoms. The molecule has 0 aromatic rings. The van der Waals surface area contributed by atoms with Gasteiger partial charge in [0.15, 0.2) is 6.23 Å². The van der Waals surface area contributed by atoms with E-state index in [1.807, 2.05) is 19.6 Å². The first-order chi connectivity index (χ1) is 19.1. The van der Waals surface area contributed by atoms with Crippen LogP contribution in [-0.2, 0) is 51.3 Å². The molecular formula is C16H60O12Si12. The first-order valence-corrected chi connectivity index (χ1v) is 38.2. The molecule has 0 heterocycles. The van der Waals surface area contributed by atoms with E-state index in [1.54, 1.807) is 7.11 Å². The van der Waals surface area contributed by atoms with Gasteiger partial charge in [0.2, 0.25) is 0 Å². The van der Waals surface area contributed by atoms with Crippen molar-refractivity contribution in [1.29, 1.82) is 0 Å². The second kappa shape index (κ2) is 30.7. The molecule has 0 aliphatic heterocycles. The van der Waals surface area contributed by atoms with Crippen LogP contribution >= 0.6 is 0 Å². The van der Waals surface area contributed by atoms with Gasteiger partial charge in [0, 0.05) is 20.1 Å². The third kappa shape index (κ3) is 23.1. The van der Waals surface area contributed by atoms with E-state index in [0.29, 0.717) is 6.23 Å². The van der Waals surface area contributed by atoms with Crippen LogP contribution in [0.1, 0.15) is 13.8 Å². The molecule has 0 aromatic carbocycles. The highest BCUT2D eigenvalue weighted by atomic mass is 28.5. The fraction of sp³-hybridized carbons (Fsp3) is 0.938. The first kappa shape index (κ1) is 46.1. The van der Waals surface area contributed by atoms with Gasteiger partial charge >= 0.3 is 32.4 Å². The van der Waals surface area contributed by atoms with Crippen LogP contribution in [0, 0.1) is 0 Å². The zero-order valence-corrected chi connectivity index (χ0v) is 43.1. The molecule has 0 radical (unpaired) electrons. The van der Waals surface area contributed by atoms with E-state index in [0.717, 1.165) is 6.04 Å². The zero-order chi connectivity index (χ0) is 31.3. The Morgan fingerprint density at radius 3 is 0.950 bits per heavy atom. The summed E-state index contributed by atoms with van der Waals surface area (Å²) in [6.07, 6.45) is 0.709. The standard InChI is InChI=1S/C6H20O5Si4.C5H20O4Si4.C5H20O3Si4/c1-6(7)8-5-15(9-12-2,10-13-3)11-14-4;1-6-5-13(7-10-2,8-11-3)9-12-4;1-5-12(6-9-2,7-10-3)8-11-4/h5,12-14H2,1-4H3;5,10-12H2,1-4H3;5,9-11H2,1-4H3. The number of rotatable bonds is 23. The predicted molar refractivity (Wildman–Crippen MR) is 196 cm³/mol. The van der Waals surface area contributed by atoms with Crippen LogP contribution in [0.15, 0.2) is 0 Å². The molecule has 0 saturated carbocycles. The largest absolute Gasteiger partial charge is 0.508 e. The minimum Gasteiger partial charge on any atom is -0.461 e. The van der Waals surface area contributed by atoms with Crippen LogP contribution in [-0.4, -0.2) is 140 Å². The van der Waals surface area contributed by atoms with Gasteiger partial charge < -0.3 is 46.5 Å². The van der Waals surface area contributed by atoms with Gasteiger partial charge in [-0.15, -0.1) is 0 Å². The molecule has 244 valence electrons. The fourth-order valence-corrected chi connectivity index (χ4v) is 34.0. The van der Waals surface area contributed by atoms with Gasteiger partial charge in [0.1, 0.15) is 94.1 Å². The lowest BCUT2D eigenvalue weighted by Crippen LogP contribution is -2.52. The van der Waals surface area contributed by atoms with Crippen LogP contribution in [0.4, 0.5) is 0 Å². The summed E-state index contributed by atoms with van der Waals surface area (Å²) in [4.78, 5) is 10.8. The minimum absolute atomic E-state index is 0.185. The Balaban J connectivity index is -0.000000517. The average Bonchev–Trinajstić information content (AvgIpc) is 2.90. The summed E-state index contributed by atoms with van der Waals surface area (Å²) in [6, 6.07) is 0.954. The molecule has 0 saturated heterocycles. The van der Waals surface area contributed by atoms with Crippen LogP contribution in [0.5, 0.6) is 0 Å². The number of methoxy groups -OCH3 is 1. The van der Waals surface area contributed by atoms with Gasteiger partial charge in [0.25, 0.3) is 0 Å². The van der Waals surface area contributed by atoms with Crippen molar-refractivity contribution < 1.29 is 51.3 Å². The Hall–Kier alpha value is 1.67. The number of esters is 1. The number of hydrogen-bond acceptors (Lipinski definition) is 12. The van der Waals surface area contributed by atoms with Crippen LogP contribution < -0.4 is 0 Å². The Kier molecular flexibility index (Phi) is 35.4. The van der Waals surface area contributed by atoms with Gasteiger partial charge in [-0.3, -0.25) is 4.79 Å². The number of hydrogen-bond donors (Lipinski definition) is 0. The Labute approximate surface area is 268 Å². The lowest BCUT2D eigenvalue weighted by molar-refractivity contribution is -0.140. The van der Waals surface area contributed by atoms with E-state index >= 15 is 0 Å². The number of carbonyl (C=O) groups is 1. The van der Waals surface area contributed by atoms with Crippen molar-refractivity contribution in [3.8, 4) is 0 Å². The van der Waals surface area contributed by atoms with E-state index in [9.17, 15) is 4.79 Å². The summed E-state index contributed by atoms with van der Waals surface area (Å²) in [5, 5.41) is 0. The Morgan fingerprint density at radius 1 is 0.500 bits per heavy atom. The highest BCUT2D eigenvalue weighted by molar-refractivity contribution is 6.74. The van der Waals surface area contributed by atoms with Crippen molar-refractivity contribution in [1.82, 2.24) is 0 Å². The second-order valence-electron chi connectivity index (χ2n) is 7.51. The molecule has 12 nitrogen and oxygen atoms in total. The molecule has 0 unspecified atom stereocenters. The van der Waals surface area contributed by atoms with Gasteiger partial charge in [-0.2, -0.15) is 0 Å². The zero-order valence-electron chi connectivity index (χ0n) is 27.4. The lowest BCUT2D eigenvalue weighted by atomic mass is 10.8. The van der Waals surface area contributed by atoms with Crippen molar-refractivity contribution in [3.63, 3.8) is 0 Å². The third-order valence-electron chi connectivity index (χ3n) is 4.48. The van der Waals surface area contributed by atoms with E-state index in [4.69, 9.17) is 46.5 Å². The van der Waals surface area contributed by atoms with Gasteiger partial charge in [0.05, 0.1) is 0 Å². The maximum atomic E-state index is 10.8. The van der Waals surface area contributed by atoms with Crippen molar-refractivity contribution in [2.24, 2.45) is 0 Å². The molecule has 0 rings (SSSR count). The topological polar surface area (TPSA) is 119 Å². The summed E-state index contributed by atoms with van der Waals surface area (Å²) in [5.41, 5.74) is 0. The van der Waals surface area contributed by atoms with E-state index in [-0.39, 0.29) is 41.5 Å². The molecule has 0 amide bonds. The van der Waals surface area contributed by atoms with E-state index in [1.165, 1.54) is 6.92 Å². The summed E-state index contributed by atoms with van der Waals surface area (Å²) >= 11 is 0. The van der Waals surface area contributed by atoms with Crippen molar-refractivity contribution >= 4 is 120 Å². The molecule has 0 aromatic heterocycles. The van der Waals surface area contributed by atoms with E-state index in [2.05, 4.69) is 46.2 Å². The molecule has 0 aliphatic carbocycles. The average molecular weight is 782 g/mol. The van der Waals surface area contributed by atoms with Gasteiger partial charge in [-0.05, 0) is 0 Å². The van der Waals surface area contributed by atoms with Crippen LogP contribution in [0.2, 0.25) is 65.0 Å². The molecule has 40 heavy (non-hydrogen) atoms. The van der Waals surface area contributed by atoms with Crippen LogP contribution in [0.25, 0.3) is 0 Å². The smallest absolute Gasteiger partial charge is 0.461 e. The summed E-state index contributed by atoms with van der Waals surface area (Å²) < 4.78 is 61.6. The van der Waals surface area contributed by atoms with Crippen LogP contribution in [0.3, 0.4) is 0 Å². The lowest BCUT2D eigenvalue weighted by Gasteiger charge is -2.29. The highest BCUT2D eigenvalue weighted by Gasteiger charge is 2.40. The second-order valence-corrected chi connectivity index (χ2v) is 28.5. The van der Waals surface area contributed by atoms with Crippen molar-refractivity contribution in [2.45, 2.75) is 78.8 Å². The SMILES string of the molecule is CC[Si](O[SiH2]C)(O[SiH2]C)O[SiH2]C.COC[Si](O[SiH2]C)(O[SiH2]C)O[SiH2]C.C[SiH2]O[Si](COC(C)=O)(O[SiH2]C)O[SiH2]C. The minimum atomic E-state index is -2.62. The van der Waals surface area contributed by atoms with Gasteiger partial charge in [-0.25, -0.2) is 0 Å². The number of ether oxygens (including phenoxy) is 2. The monoisotopic (exact) mass is 780 g/mol. The molecule has 0 N–H and O–H groups in total. The number of carbonyl (C=O) groups excluding carboxylic acids is 1. The quantitative estimate of drug-likeness (QED) is 0.0755. The molecule has 0 aliphatic rings. The third-order valence-corrected chi connectivity index (χ3v) is 32.7. The summed E-state index contributed by atoms with van der Waals surface area (Å²) in [6.45, 7) is 22.3. The molecule has 0 atom stereocenters. The maximum Gasteiger partial charge on any atom is 0.508 e. The molecule has 0 fully saturated rings. The maximum absolute atomic E-state index is 10.8. The van der Waals surface area contributed by atoms with Gasteiger partial charge in [-0.1, -0.05) is 65.8 Å². The normalized spacial score (nSPS) is 18.1. The highest BCUT2D eigenvalue weighted by Crippen LogP contribution is 2.13. The summed E-state index contributed by atoms with van der Waals surface area (Å²) in [7, 11) is -9.78.